The third-order valence-electron chi connectivity index (χ3n) is 5.79. The second kappa shape index (κ2) is 18.1. The molecule has 0 heterocycles. The lowest BCUT2D eigenvalue weighted by atomic mass is 10.1. The van der Waals surface area contributed by atoms with Crippen molar-refractivity contribution in [2.45, 2.75) is 65.6 Å². The van der Waals surface area contributed by atoms with E-state index in [1.807, 2.05) is 36.4 Å². The Morgan fingerprint density at radius 2 is 1.10 bits per heavy atom. The molecule has 0 aliphatic carbocycles. The van der Waals surface area contributed by atoms with Crippen LogP contribution in [0.1, 0.15) is 53.4 Å². The van der Waals surface area contributed by atoms with Crippen LogP contribution in [0.2, 0.25) is 0 Å². The zero-order chi connectivity index (χ0) is 29.3. The summed E-state index contributed by atoms with van der Waals surface area (Å²) in [6, 6.07) is 11.4. The van der Waals surface area contributed by atoms with E-state index in [1.165, 1.54) is 0 Å². The second-order valence-corrected chi connectivity index (χ2v) is 9.77. The molecule has 2 aromatic carbocycles. The van der Waals surface area contributed by atoms with Crippen LogP contribution in [0, 0.1) is 0 Å². The van der Waals surface area contributed by atoms with E-state index < -0.39 is 24.1 Å². The zero-order valence-electron chi connectivity index (χ0n) is 24.4. The van der Waals surface area contributed by atoms with Gasteiger partial charge in [0.15, 0.2) is 12.2 Å². The topological polar surface area (TPSA) is 89.5 Å². The molecule has 0 aromatic heterocycles. The van der Waals surface area contributed by atoms with Crippen molar-refractivity contribution in [1.82, 2.24) is 0 Å². The molecule has 0 radical (unpaired) electrons. The van der Waals surface area contributed by atoms with Crippen molar-refractivity contribution in [3.63, 3.8) is 0 Å². The normalized spacial score (nSPS) is 12.4. The molecule has 8 nitrogen and oxygen atoms in total. The molecular formula is C32H44O8. The van der Waals surface area contributed by atoms with Gasteiger partial charge < -0.3 is 28.4 Å². The maximum absolute atomic E-state index is 12.1. The molecule has 0 saturated carbocycles. The Labute approximate surface area is 238 Å². The molecule has 2 rings (SSSR count). The van der Waals surface area contributed by atoms with Crippen LogP contribution < -0.4 is 9.47 Å². The summed E-state index contributed by atoms with van der Waals surface area (Å²) >= 11 is 0. The number of esters is 2. The smallest absolute Gasteiger partial charge is 0.333 e. The van der Waals surface area contributed by atoms with Crippen molar-refractivity contribution < 1.29 is 38.0 Å². The van der Waals surface area contributed by atoms with Crippen molar-refractivity contribution >= 4 is 22.7 Å². The van der Waals surface area contributed by atoms with Crippen molar-refractivity contribution in [2.75, 3.05) is 39.6 Å². The van der Waals surface area contributed by atoms with Crippen LogP contribution in [0.4, 0.5) is 0 Å². The first-order valence-corrected chi connectivity index (χ1v) is 13.9. The summed E-state index contributed by atoms with van der Waals surface area (Å²) in [6.45, 7) is 16.6. The summed E-state index contributed by atoms with van der Waals surface area (Å²) in [4.78, 5) is 24.1. The summed E-state index contributed by atoms with van der Waals surface area (Å²) in [5, 5.41) is 1.90. The molecule has 0 N–H and O–H groups in total. The Kier molecular flexibility index (Phi) is 14.8. The second-order valence-electron chi connectivity index (χ2n) is 9.77. The van der Waals surface area contributed by atoms with Gasteiger partial charge in [0.2, 0.25) is 0 Å². The molecule has 40 heavy (non-hydrogen) atoms. The van der Waals surface area contributed by atoms with E-state index in [4.69, 9.17) is 28.4 Å². The van der Waals surface area contributed by atoms with Crippen molar-refractivity contribution in [1.29, 1.82) is 0 Å². The van der Waals surface area contributed by atoms with Gasteiger partial charge in [-0.2, -0.15) is 0 Å². The first-order chi connectivity index (χ1) is 19.2. The summed E-state index contributed by atoms with van der Waals surface area (Å²) in [5.41, 5.74) is 0.641. The standard InChI is InChI=1S/C32H44O8/c1-7-9-15-35-19-29(39-31(33)23(3)4)21-37-27-13-11-25-12-14-28(18-26(25)17-27)38-22-30(20-36-16-10-8-2)40-32(34)24(5)6/h11-14,17-18,29-30H,3,5,7-10,15-16,19-22H2,1-2,4,6H3. The van der Waals surface area contributed by atoms with Crippen LogP contribution in [-0.4, -0.2) is 63.8 Å². The Hall–Kier alpha value is -3.36. The molecule has 2 unspecified atom stereocenters. The van der Waals surface area contributed by atoms with E-state index in [9.17, 15) is 9.59 Å². The molecule has 0 aliphatic rings. The van der Waals surface area contributed by atoms with Gasteiger partial charge in [-0.25, -0.2) is 9.59 Å². The zero-order valence-corrected chi connectivity index (χ0v) is 24.4. The molecule has 220 valence electrons. The lowest BCUT2D eigenvalue weighted by molar-refractivity contribution is -0.150. The minimum atomic E-state index is -0.565. The van der Waals surface area contributed by atoms with Crippen LogP contribution >= 0.6 is 0 Å². The monoisotopic (exact) mass is 556 g/mol. The summed E-state index contributed by atoms with van der Waals surface area (Å²) < 4.78 is 34.3. The molecule has 8 heteroatoms. The Bertz CT molecular complexity index is 1030. The molecule has 0 amide bonds. The molecule has 0 fully saturated rings. The van der Waals surface area contributed by atoms with Gasteiger partial charge in [0.05, 0.1) is 13.2 Å². The molecule has 0 bridgehead atoms. The number of unbranched alkanes of at least 4 members (excludes halogenated alkanes) is 2. The van der Waals surface area contributed by atoms with E-state index in [-0.39, 0.29) is 26.4 Å². The predicted octanol–water partition coefficient (Wildman–Crippen LogP) is 6.21. The van der Waals surface area contributed by atoms with Gasteiger partial charge >= 0.3 is 11.9 Å². The predicted molar refractivity (Wildman–Crippen MR) is 156 cm³/mol. The van der Waals surface area contributed by atoms with Crippen LogP contribution in [-0.2, 0) is 28.5 Å². The van der Waals surface area contributed by atoms with Crippen molar-refractivity contribution in [2.24, 2.45) is 0 Å². The number of ether oxygens (including phenoxy) is 6. The first-order valence-electron chi connectivity index (χ1n) is 13.9. The highest BCUT2D eigenvalue weighted by atomic mass is 16.6. The molecule has 0 spiro atoms. The maximum Gasteiger partial charge on any atom is 0.333 e. The minimum absolute atomic E-state index is 0.140. The number of fused-ring (bicyclic) bond motifs is 1. The molecule has 2 aromatic rings. The van der Waals surface area contributed by atoms with E-state index >= 15 is 0 Å². The van der Waals surface area contributed by atoms with E-state index in [2.05, 4.69) is 27.0 Å². The maximum atomic E-state index is 12.1. The highest BCUT2D eigenvalue weighted by Gasteiger charge is 2.18. The SMILES string of the molecule is C=C(C)C(=O)OC(COCCCC)COc1ccc2ccc(OCC(COCCCC)OC(=O)C(=C)C)cc2c1. The number of rotatable bonds is 20. The van der Waals surface area contributed by atoms with Gasteiger partial charge in [-0.05, 0) is 61.7 Å². The van der Waals surface area contributed by atoms with Gasteiger partial charge in [0, 0.05) is 24.4 Å². The Morgan fingerprint density at radius 1 is 0.675 bits per heavy atom. The van der Waals surface area contributed by atoms with Gasteiger partial charge in [-0.15, -0.1) is 0 Å². The number of hydrogen-bond donors (Lipinski definition) is 0. The van der Waals surface area contributed by atoms with E-state index in [0.717, 1.165) is 36.5 Å². The minimum Gasteiger partial charge on any atom is -0.490 e. The van der Waals surface area contributed by atoms with Gasteiger partial charge in [-0.3, -0.25) is 0 Å². The summed E-state index contributed by atoms with van der Waals surface area (Å²) in [6.07, 6.45) is 2.76. The Balaban J connectivity index is 2.04. The first kappa shape index (κ1) is 32.8. The number of carbonyl (C=O) groups is 2. The summed E-state index contributed by atoms with van der Waals surface area (Å²) in [7, 11) is 0. The lowest BCUT2D eigenvalue weighted by Gasteiger charge is -2.19. The quantitative estimate of drug-likeness (QED) is 0.108. The fourth-order valence-corrected chi connectivity index (χ4v) is 3.42. The fourth-order valence-electron chi connectivity index (χ4n) is 3.42. The highest BCUT2D eigenvalue weighted by molar-refractivity contribution is 5.87. The van der Waals surface area contributed by atoms with Gasteiger partial charge in [-0.1, -0.05) is 52.0 Å². The molecule has 0 aliphatic heterocycles. The molecular weight excluding hydrogens is 512 g/mol. The van der Waals surface area contributed by atoms with Crippen molar-refractivity contribution in [3.8, 4) is 11.5 Å². The van der Waals surface area contributed by atoms with Crippen LogP contribution in [0.25, 0.3) is 10.8 Å². The average Bonchev–Trinajstić information content (AvgIpc) is 2.94. The fraction of sp³-hybridized carbons (Fsp3) is 0.500. The number of carbonyl (C=O) groups excluding carboxylic acids is 2. The van der Waals surface area contributed by atoms with Crippen LogP contribution in [0.5, 0.6) is 11.5 Å². The largest absolute Gasteiger partial charge is 0.490 e. The van der Waals surface area contributed by atoms with E-state index in [0.29, 0.717) is 35.9 Å². The van der Waals surface area contributed by atoms with Crippen LogP contribution in [0.3, 0.4) is 0 Å². The van der Waals surface area contributed by atoms with E-state index in [1.54, 1.807) is 13.8 Å². The molecule has 2 atom stereocenters. The number of benzene rings is 2. The van der Waals surface area contributed by atoms with Crippen molar-refractivity contribution in [3.05, 3.63) is 60.7 Å². The third-order valence-corrected chi connectivity index (χ3v) is 5.79. The number of hydrogen-bond acceptors (Lipinski definition) is 8. The summed E-state index contributed by atoms with van der Waals surface area (Å²) in [5.74, 6) is 0.284. The van der Waals surface area contributed by atoms with Gasteiger partial charge in [0.1, 0.15) is 24.7 Å². The Morgan fingerprint density at radius 3 is 1.48 bits per heavy atom. The van der Waals surface area contributed by atoms with Crippen LogP contribution in [0.15, 0.2) is 60.7 Å². The van der Waals surface area contributed by atoms with Gasteiger partial charge in [0.25, 0.3) is 0 Å². The third kappa shape index (κ3) is 12.2. The highest BCUT2D eigenvalue weighted by Crippen LogP contribution is 2.26. The lowest BCUT2D eigenvalue weighted by Crippen LogP contribution is -2.30. The average molecular weight is 557 g/mol. The molecule has 0 saturated heterocycles.